The van der Waals surface area contributed by atoms with Crippen molar-refractivity contribution in [2.45, 2.75) is 19.9 Å². The SMILES string of the molecule is C=CCNc1cc(N2CCNCC2C)nc(C)n1. The van der Waals surface area contributed by atoms with E-state index in [0.717, 1.165) is 37.1 Å². The zero-order valence-electron chi connectivity index (χ0n) is 11.1. The largest absolute Gasteiger partial charge is 0.366 e. The zero-order valence-corrected chi connectivity index (χ0v) is 11.1. The highest BCUT2D eigenvalue weighted by Gasteiger charge is 2.20. The summed E-state index contributed by atoms with van der Waals surface area (Å²) in [7, 11) is 0. The Morgan fingerprint density at radius 2 is 2.44 bits per heavy atom. The second-order valence-electron chi connectivity index (χ2n) is 4.57. The lowest BCUT2D eigenvalue weighted by Gasteiger charge is -2.35. The van der Waals surface area contributed by atoms with E-state index in [2.05, 4.69) is 39.0 Å². The van der Waals surface area contributed by atoms with Crippen LogP contribution in [0.5, 0.6) is 0 Å². The summed E-state index contributed by atoms with van der Waals surface area (Å²) in [4.78, 5) is 11.2. The Balaban J connectivity index is 2.20. The molecule has 5 heteroatoms. The molecule has 1 aromatic heterocycles. The van der Waals surface area contributed by atoms with Crippen LogP contribution in [-0.4, -0.2) is 42.2 Å². The molecule has 2 heterocycles. The first-order valence-corrected chi connectivity index (χ1v) is 6.38. The van der Waals surface area contributed by atoms with Gasteiger partial charge in [0.25, 0.3) is 0 Å². The molecule has 0 radical (unpaired) electrons. The van der Waals surface area contributed by atoms with Crippen LogP contribution in [0.2, 0.25) is 0 Å². The summed E-state index contributed by atoms with van der Waals surface area (Å²) in [5.41, 5.74) is 0. The van der Waals surface area contributed by atoms with E-state index in [1.54, 1.807) is 0 Å². The zero-order chi connectivity index (χ0) is 13.0. The lowest BCUT2D eigenvalue weighted by atomic mass is 10.2. The predicted molar refractivity (Wildman–Crippen MR) is 75.1 cm³/mol. The first kappa shape index (κ1) is 12.8. The summed E-state index contributed by atoms with van der Waals surface area (Å²) in [5.74, 6) is 2.66. The van der Waals surface area contributed by atoms with Gasteiger partial charge in [-0.3, -0.25) is 0 Å². The van der Waals surface area contributed by atoms with E-state index in [4.69, 9.17) is 0 Å². The molecule has 1 aliphatic heterocycles. The average Bonchev–Trinajstić information content (AvgIpc) is 2.36. The first-order valence-electron chi connectivity index (χ1n) is 6.38. The third kappa shape index (κ3) is 2.98. The Bertz CT molecular complexity index is 418. The maximum Gasteiger partial charge on any atom is 0.134 e. The van der Waals surface area contributed by atoms with E-state index in [1.807, 2.05) is 19.1 Å². The minimum Gasteiger partial charge on any atom is -0.366 e. The highest BCUT2D eigenvalue weighted by Crippen LogP contribution is 2.19. The monoisotopic (exact) mass is 247 g/mol. The molecule has 0 aromatic carbocycles. The Morgan fingerprint density at radius 1 is 1.61 bits per heavy atom. The molecule has 0 aliphatic carbocycles. The molecule has 0 bridgehead atoms. The Labute approximate surface area is 108 Å². The van der Waals surface area contributed by atoms with Gasteiger partial charge in [-0.1, -0.05) is 6.08 Å². The van der Waals surface area contributed by atoms with E-state index >= 15 is 0 Å². The van der Waals surface area contributed by atoms with E-state index in [9.17, 15) is 0 Å². The standard InChI is InChI=1S/C13H21N5/c1-4-5-15-12-8-13(17-11(3)16-12)18-7-6-14-9-10(18)2/h4,8,10,14H,1,5-7,9H2,2-3H3,(H,15,16,17). The Morgan fingerprint density at radius 3 is 3.17 bits per heavy atom. The third-order valence-electron chi connectivity index (χ3n) is 3.05. The van der Waals surface area contributed by atoms with Crippen molar-refractivity contribution in [3.63, 3.8) is 0 Å². The van der Waals surface area contributed by atoms with Gasteiger partial charge in [0, 0.05) is 38.3 Å². The van der Waals surface area contributed by atoms with Gasteiger partial charge in [0.1, 0.15) is 17.5 Å². The van der Waals surface area contributed by atoms with Gasteiger partial charge in [-0.05, 0) is 13.8 Å². The molecule has 1 unspecified atom stereocenters. The van der Waals surface area contributed by atoms with Crippen LogP contribution in [0.15, 0.2) is 18.7 Å². The molecule has 1 atom stereocenters. The van der Waals surface area contributed by atoms with Gasteiger partial charge in [-0.15, -0.1) is 6.58 Å². The topological polar surface area (TPSA) is 53.1 Å². The molecule has 2 N–H and O–H groups in total. The van der Waals surface area contributed by atoms with Crippen LogP contribution in [0.1, 0.15) is 12.7 Å². The van der Waals surface area contributed by atoms with Gasteiger partial charge in [0.15, 0.2) is 0 Å². The van der Waals surface area contributed by atoms with Crippen LogP contribution >= 0.6 is 0 Å². The number of hydrogen-bond acceptors (Lipinski definition) is 5. The molecule has 18 heavy (non-hydrogen) atoms. The summed E-state index contributed by atoms with van der Waals surface area (Å²) >= 11 is 0. The molecule has 2 rings (SSSR count). The normalized spacial score (nSPS) is 19.7. The van der Waals surface area contributed by atoms with Gasteiger partial charge in [0.05, 0.1) is 0 Å². The van der Waals surface area contributed by atoms with Gasteiger partial charge in [0.2, 0.25) is 0 Å². The van der Waals surface area contributed by atoms with Crippen LogP contribution in [0.4, 0.5) is 11.6 Å². The molecule has 0 amide bonds. The molecule has 98 valence electrons. The summed E-state index contributed by atoms with van der Waals surface area (Å²) in [6.07, 6.45) is 1.82. The second kappa shape index (κ2) is 5.82. The molecule has 0 spiro atoms. The van der Waals surface area contributed by atoms with Crippen LogP contribution < -0.4 is 15.5 Å². The predicted octanol–water partition coefficient (Wildman–Crippen LogP) is 1.18. The minimum absolute atomic E-state index is 0.459. The molecule has 5 nitrogen and oxygen atoms in total. The molecule has 1 saturated heterocycles. The number of hydrogen-bond donors (Lipinski definition) is 2. The molecule has 0 saturated carbocycles. The van der Waals surface area contributed by atoms with E-state index in [-0.39, 0.29) is 0 Å². The smallest absolute Gasteiger partial charge is 0.134 e. The number of rotatable bonds is 4. The summed E-state index contributed by atoms with van der Waals surface area (Å²) < 4.78 is 0. The van der Waals surface area contributed by atoms with Crippen molar-refractivity contribution in [2.75, 3.05) is 36.4 Å². The Kier molecular flexibility index (Phi) is 4.15. The number of nitrogens with zero attached hydrogens (tertiary/aromatic N) is 3. The van der Waals surface area contributed by atoms with Crippen LogP contribution in [0, 0.1) is 6.92 Å². The fraction of sp³-hybridized carbons (Fsp3) is 0.538. The first-order chi connectivity index (χ1) is 8.70. The van der Waals surface area contributed by atoms with Crippen molar-refractivity contribution in [3.8, 4) is 0 Å². The average molecular weight is 247 g/mol. The highest BCUT2D eigenvalue weighted by atomic mass is 15.3. The summed E-state index contributed by atoms with van der Waals surface area (Å²) in [6.45, 7) is 11.5. The van der Waals surface area contributed by atoms with Gasteiger partial charge in [-0.25, -0.2) is 9.97 Å². The molecular formula is C13H21N5. The van der Waals surface area contributed by atoms with Crippen molar-refractivity contribution in [2.24, 2.45) is 0 Å². The second-order valence-corrected chi connectivity index (χ2v) is 4.57. The number of aryl methyl sites for hydroxylation is 1. The van der Waals surface area contributed by atoms with Crippen LogP contribution in [-0.2, 0) is 0 Å². The number of aromatic nitrogens is 2. The van der Waals surface area contributed by atoms with Crippen molar-refractivity contribution in [3.05, 3.63) is 24.5 Å². The number of anilines is 2. The van der Waals surface area contributed by atoms with E-state index in [1.165, 1.54) is 0 Å². The molecule has 1 aromatic rings. The van der Waals surface area contributed by atoms with Gasteiger partial charge in [-0.2, -0.15) is 0 Å². The Hall–Kier alpha value is -1.62. The van der Waals surface area contributed by atoms with Crippen LogP contribution in [0.25, 0.3) is 0 Å². The van der Waals surface area contributed by atoms with E-state index < -0.39 is 0 Å². The third-order valence-corrected chi connectivity index (χ3v) is 3.05. The van der Waals surface area contributed by atoms with Gasteiger partial charge < -0.3 is 15.5 Å². The van der Waals surface area contributed by atoms with E-state index in [0.29, 0.717) is 12.6 Å². The molecule has 1 fully saturated rings. The van der Waals surface area contributed by atoms with Crippen molar-refractivity contribution in [1.29, 1.82) is 0 Å². The lowest BCUT2D eigenvalue weighted by molar-refractivity contribution is 0.496. The van der Waals surface area contributed by atoms with Gasteiger partial charge >= 0.3 is 0 Å². The lowest BCUT2D eigenvalue weighted by Crippen LogP contribution is -2.50. The van der Waals surface area contributed by atoms with Crippen molar-refractivity contribution >= 4 is 11.6 Å². The van der Waals surface area contributed by atoms with Crippen molar-refractivity contribution < 1.29 is 0 Å². The fourth-order valence-corrected chi connectivity index (χ4v) is 2.15. The van der Waals surface area contributed by atoms with Crippen molar-refractivity contribution in [1.82, 2.24) is 15.3 Å². The number of piperazine rings is 1. The maximum absolute atomic E-state index is 4.54. The quantitative estimate of drug-likeness (QED) is 0.783. The highest BCUT2D eigenvalue weighted by molar-refractivity contribution is 5.50. The maximum atomic E-state index is 4.54. The summed E-state index contributed by atoms with van der Waals surface area (Å²) in [5, 5.41) is 6.60. The molecule has 1 aliphatic rings. The summed E-state index contributed by atoms with van der Waals surface area (Å²) in [6, 6.07) is 2.47. The minimum atomic E-state index is 0.459. The number of nitrogens with one attached hydrogen (secondary N) is 2. The van der Waals surface area contributed by atoms with Crippen LogP contribution in [0.3, 0.4) is 0 Å². The fourth-order valence-electron chi connectivity index (χ4n) is 2.15. The molecular weight excluding hydrogens is 226 g/mol.